The molecular weight excluding hydrogens is 675 g/mol. The van der Waals surface area contributed by atoms with Crippen molar-refractivity contribution in [3.63, 3.8) is 0 Å². The molecule has 0 aliphatic rings. The molecule has 0 atom stereocenters. The van der Waals surface area contributed by atoms with Crippen molar-refractivity contribution < 1.29 is 24.5 Å². The maximum Gasteiger partial charge on any atom is 0.139 e. The number of hydrogen-bond donors (Lipinski definition) is 0. The van der Waals surface area contributed by atoms with Crippen LogP contribution in [0.1, 0.15) is 16.7 Å². The Kier molecular flexibility index (Phi) is 8.60. The number of rotatable bonds is 3. The molecule has 0 N–H and O–H groups in total. The molecule has 4 aromatic heterocycles. The van der Waals surface area contributed by atoms with Crippen molar-refractivity contribution in [1.82, 2.24) is 15.0 Å². The van der Waals surface area contributed by atoms with Gasteiger partial charge in [0, 0.05) is 46.8 Å². The van der Waals surface area contributed by atoms with Crippen LogP contribution < -0.4 is 5.19 Å². The molecule has 0 aliphatic carbocycles. The monoisotopic (exact) mass is 706 g/mol. The number of fused-ring (bicyclic) bond motifs is 3. The van der Waals surface area contributed by atoms with E-state index < -0.39 is 8.07 Å². The van der Waals surface area contributed by atoms with Crippen LogP contribution in [-0.4, -0.2) is 23.0 Å². The van der Waals surface area contributed by atoms with Crippen LogP contribution in [0.3, 0.4) is 0 Å². The fourth-order valence-electron chi connectivity index (χ4n) is 4.42. The van der Waals surface area contributed by atoms with Crippen LogP contribution in [0.25, 0.3) is 44.6 Å². The number of nitrogens with zero attached hydrogens (tertiary/aromatic N) is 3. The third-order valence-electron chi connectivity index (χ3n) is 6.64. The first kappa shape index (κ1) is 28.6. The zero-order chi connectivity index (χ0) is 26.9. The van der Waals surface area contributed by atoms with E-state index in [1.165, 1.54) is 21.9 Å². The second-order valence-electron chi connectivity index (χ2n) is 10.6. The molecule has 0 aliphatic heterocycles. The van der Waals surface area contributed by atoms with Crippen molar-refractivity contribution in [2.75, 3.05) is 0 Å². The summed E-state index contributed by atoms with van der Waals surface area (Å²) in [5, 5.41) is 2.45. The topological polar surface area (TPSA) is 51.8 Å². The van der Waals surface area contributed by atoms with Crippen LogP contribution in [0.4, 0.5) is 0 Å². The number of aromatic nitrogens is 3. The molecule has 2 aromatic carbocycles. The maximum absolute atomic E-state index is 6.20. The molecule has 0 unspecified atom stereocenters. The van der Waals surface area contributed by atoms with Crippen molar-refractivity contribution in [1.29, 1.82) is 0 Å². The molecular formula is C33H31IrN3OSi-2. The molecule has 0 bridgehead atoms. The number of furan rings is 1. The average Bonchev–Trinajstić information content (AvgIpc) is 3.30. The minimum atomic E-state index is -1.57. The Hall–Kier alpha value is -3.44. The van der Waals surface area contributed by atoms with E-state index in [0.29, 0.717) is 0 Å². The van der Waals surface area contributed by atoms with Crippen molar-refractivity contribution in [3.05, 3.63) is 108 Å². The molecule has 0 saturated carbocycles. The Morgan fingerprint density at radius 1 is 0.795 bits per heavy atom. The second kappa shape index (κ2) is 11.7. The number of aryl methyl sites for hydroxylation is 3. The molecule has 4 heterocycles. The average molecular weight is 706 g/mol. The van der Waals surface area contributed by atoms with E-state index in [1.807, 2.05) is 61.1 Å². The van der Waals surface area contributed by atoms with E-state index in [0.717, 1.165) is 44.6 Å². The number of pyridine rings is 3. The van der Waals surface area contributed by atoms with Crippen LogP contribution in [0.2, 0.25) is 19.6 Å². The summed E-state index contributed by atoms with van der Waals surface area (Å²) in [5.41, 5.74) is 10.1. The van der Waals surface area contributed by atoms with E-state index in [-0.39, 0.29) is 20.1 Å². The Morgan fingerprint density at radius 3 is 2.31 bits per heavy atom. The summed E-state index contributed by atoms with van der Waals surface area (Å²) in [5.74, 6) is 0. The zero-order valence-corrected chi connectivity index (χ0v) is 26.5. The summed E-state index contributed by atoms with van der Waals surface area (Å²) >= 11 is 0. The molecule has 1 radical (unpaired) electrons. The quantitative estimate of drug-likeness (QED) is 0.139. The molecule has 6 aromatic rings. The van der Waals surface area contributed by atoms with E-state index in [9.17, 15) is 0 Å². The maximum atomic E-state index is 6.20. The summed E-state index contributed by atoms with van der Waals surface area (Å²) in [6.07, 6.45) is 5.57. The Morgan fingerprint density at radius 2 is 1.62 bits per heavy atom. The second-order valence-corrected chi connectivity index (χ2v) is 15.7. The van der Waals surface area contributed by atoms with Gasteiger partial charge >= 0.3 is 0 Å². The normalized spacial score (nSPS) is 11.1. The van der Waals surface area contributed by atoms with Gasteiger partial charge in [0.1, 0.15) is 5.58 Å². The molecule has 0 saturated heterocycles. The minimum absolute atomic E-state index is 0. The van der Waals surface area contributed by atoms with E-state index >= 15 is 0 Å². The summed E-state index contributed by atoms with van der Waals surface area (Å²) in [6, 6.07) is 26.7. The van der Waals surface area contributed by atoms with Gasteiger partial charge in [-0.3, -0.25) is 4.98 Å². The molecule has 6 heteroatoms. The van der Waals surface area contributed by atoms with Gasteiger partial charge in [0.2, 0.25) is 0 Å². The van der Waals surface area contributed by atoms with E-state index in [1.54, 1.807) is 0 Å². The predicted molar refractivity (Wildman–Crippen MR) is 159 cm³/mol. The van der Waals surface area contributed by atoms with E-state index in [4.69, 9.17) is 4.42 Å². The van der Waals surface area contributed by atoms with Crippen molar-refractivity contribution in [2.24, 2.45) is 0 Å². The van der Waals surface area contributed by atoms with Crippen molar-refractivity contribution >= 4 is 35.3 Å². The Labute approximate surface area is 244 Å². The summed E-state index contributed by atoms with van der Waals surface area (Å²) in [6.45, 7) is 13.2. The van der Waals surface area contributed by atoms with Gasteiger partial charge in [-0.1, -0.05) is 48.5 Å². The zero-order valence-electron chi connectivity index (χ0n) is 23.1. The van der Waals surface area contributed by atoms with Crippen LogP contribution in [0.15, 0.2) is 83.7 Å². The summed E-state index contributed by atoms with van der Waals surface area (Å²) in [4.78, 5) is 13.5. The van der Waals surface area contributed by atoms with E-state index in [2.05, 4.69) is 85.7 Å². The first-order valence-corrected chi connectivity index (χ1v) is 16.3. The van der Waals surface area contributed by atoms with Gasteiger partial charge in [-0.25, -0.2) is 0 Å². The van der Waals surface area contributed by atoms with Crippen molar-refractivity contribution in [3.8, 4) is 22.5 Å². The molecule has 0 amide bonds. The minimum Gasteiger partial charge on any atom is -0.499 e. The van der Waals surface area contributed by atoms with Crippen molar-refractivity contribution in [2.45, 2.75) is 40.4 Å². The Balaban J connectivity index is 0.000000202. The smallest absolute Gasteiger partial charge is 0.139 e. The predicted octanol–water partition coefficient (Wildman–Crippen LogP) is 7.86. The first-order chi connectivity index (χ1) is 18.2. The molecule has 39 heavy (non-hydrogen) atoms. The fraction of sp³-hybridized carbons (Fsp3) is 0.182. The number of benzene rings is 2. The van der Waals surface area contributed by atoms with Gasteiger partial charge in [-0.15, -0.1) is 53.2 Å². The summed E-state index contributed by atoms with van der Waals surface area (Å²) in [7, 11) is -1.57. The largest absolute Gasteiger partial charge is 0.499 e. The van der Waals surface area contributed by atoms with Gasteiger partial charge in [-0.05, 0) is 61.3 Å². The SMILES string of the molecule is Cc1ccnc(-c2[c-]cc([Si](C)(C)C)c3c2oc2cccnc23)c1.Cc1cnc(-c2[c-]cccc2)cc1C.[Ir]. The number of hydrogen-bond acceptors (Lipinski definition) is 4. The third-order valence-corrected chi connectivity index (χ3v) is 8.65. The summed E-state index contributed by atoms with van der Waals surface area (Å²) < 4.78 is 6.20. The van der Waals surface area contributed by atoms with Gasteiger partial charge in [0.25, 0.3) is 0 Å². The van der Waals surface area contributed by atoms with Crippen LogP contribution in [-0.2, 0) is 20.1 Å². The van der Waals surface area contributed by atoms with Crippen LogP contribution in [0.5, 0.6) is 0 Å². The third kappa shape index (κ3) is 6.09. The molecule has 6 rings (SSSR count). The van der Waals surface area contributed by atoms with Gasteiger partial charge < -0.3 is 14.4 Å². The Bertz CT molecular complexity index is 1740. The fourth-order valence-corrected chi connectivity index (χ4v) is 5.90. The van der Waals surface area contributed by atoms with Crippen LogP contribution >= 0.6 is 0 Å². The van der Waals surface area contributed by atoms with Gasteiger partial charge in [0.15, 0.2) is 0 Å². The molecule has 0 fully saturated rings. The molecule has 0 spiro atoms. The molecule has 4 nitrogen and oxygen atoms in total. The first-order valence-electron chi connectivity index (χ1n) is 12.8. The van der Waals surface area contributed by atoms with Crippen LogP contribution in [0, 0.1) is 32.9 Å². The standard InChI is InChI=1S/C20H19N2OSi.C13H12N.Ir/c1-13-9-11-21-15(12-13)14-7-8-17(24(2,3)4)18-19-16(23-20(14)18)6-5-10-22-19;1-10-8-13(14-9-11(10)2)12-6-4-3-5-7-12;/h5-6,8-12H,1-4H3;3-6,8-9H,1-2H3;/q2*-1;. The van der Waals surface area contributed by atoms with Gasteiger partial charge in [0.05, 0.1) is 11.1 Å². The molecule has 199 valence electrons. The van der Waals surface area contributed by atoms with Gasteiger partial charge in [-0.2, -0.15) is 0 Å².